The van der Waals surface area contributed by atoms with E-state index in [9.17, 15) is 0 Å². The zero-order chi connectivity index (χ0) is 23.1. The van der Waals surface area contributed by atoms with Crippen LogP contribution in [0, 0.1) is 11.8 Å². The average molecular weight is 448 g/mol. The first-order chi connectivity index (χ1) is 16.3. The van der Waals surface area contributed by atoms with E-state index in [-0.39, 0.29) is 0 Å². The smallest absolute Gasteiger partial charge is 0.0702 e. The van der Waals surface area contributed by atoms with Gasteiger partial charge in [0.05, 0.1) is 5.69 Å². The fourth-order valence-electron chi connectivity index (χ4n) is 5.56. The van der Waals surface area contributed by atoms with Crippen LogP contribution in [-0.4, -0.2) is 4.98 Å². The number of pyridine rings is 1. The van der Waals surface area contributed by atoms with Gasteiger partial charge in [0.25, 0.3) is 0 Å². The summed E-state index contributed by atoms with van der Waals surface area (Å²) in [5.74, 6) is 1.96. The van der Waals surface area contributed by atoms with Crippen molar-refractivity contribution < 1.29 is 0 Å². The first-order valence-electron chi connectivity index (χ1n) is 14.3. The van der Waals surface area contributed by atoms with Crippen LogP contribution < -0.4 is 0 Å². The molecule has 1 aliphatic carbocycles. The molecule has 1 heterocycles. The van der Waals surface area contributed by atoms with Gasteiger partial charge in [0, 0.05) is 11.8 Å². The Morgan fingerprint density at radius 2 is 1.21 bits per heavy atom. The quantitative estimate of drug-likeness (QED) is 0.247. The maximum Gasteiger partial charge on any atom is 0.0702 e. The second-order valence-corrected chi connectivity index (χ2v) is 10.7. The van der Waals surface area contributed by atoms with Crippen molar-refractivity contribution in [1.82, 2.24) is 4.98 Å². The number of hydrogen-bond donors (Lipinski definition) is 0. The predicted octanol–water partition coefficient (Wildman–Crippen LogP) is 9.97. The molecule has 0 N–H and O–H groups in total. The molecular formula is C32H49N. The van der Waals surface area contributed by atoms with Gasteiger partial charge in [0.2, 0.25) is 0 Å². The molecule has 3 rings (SSSR count). The lowest BCUT2D eigenvalue weighted by Crippen LogP contribution is -2.15. The molecule has 1 aliphatic rings. The normalized spacial score (nSPS) is 18.5. The molecule has 0 spiro atoms. The first-order valence-corrected chi connectivity index (χ1v) is 14.3. The number of aryl methyl sites for hydroxylation is 2. The predicted molar refractivity (Wildman–Crippen MR) is 145 cm³/mol. The summed E-state index contributed by atoms with van der Waals surface area (Å²) in [4.78, 5) is 4.80. The molecule has 33 heavy (non-hydrogen) atoms. The van der Waals surface area contributed by atoms with Crippen LogP contribution in [0.3, 0.4) is 0 Å². The Bertz CT molecular complexity index is 737. The minimum atomic E-state index is 0.936. The molecule has 1 nitrogen and oxygen atoms in total. The Morgan fingerprint density at radius 3 is 1.88 bits per heavy atom. The van der Waals surface area contributed by atoms with Crippen LogP contribution in [-0.2, 0) is 12.8 Å². The highest BCUT2D eigenvalue weighted by Crippen LogP contribution is 2.34. The van der Waals surface area contributed by atoms with Crippen LogP contribution in [0.4, 0.5) is 0 Å². The van der Waals surface area contributed by atoms with Crippen LogP contribution in [0.15, 0.2) is 42.6 Å². The molecule has 1 aromatic carbocycles. The van der Waals surface area contributed by atoms with Crippen molar-refractivity contribution in [3.05, 3.63) is 53.7 Å². The molecule has 0 unspecified atom stereocenters. The molecule has 1 heteroatoms. The Kier molecular flexibility index (Phi) is 12.1. The third kappa shape index (κ3) is 9.63. The summed E-state index contributed by atoms with van der Waals surface area (Å²) in [6.45, 7) is 4.59. The van der Waals surface area contributed by atoms with Crippen molar-refractivity contribution in [2.24, 2.45) is 11.8 Å². The summed E-state index contributed by atoms with van der Waals surface area (Å²) in [6, 6.07) is 13.7. The summed E-state index contributed by atoms with van der Waals surface area (Å²) in [5.41, 5.74) is 5.22. The van der Waals surface area contributed by atoms with Crippen LogP contribution in [0.1, 0.15) is 121 Å². The van der Waals surface area contributed by atoms with E-state index in [0.29, 0.717) is 0 Å². The number of unbranched alkanes of at least 4 members (excludes halogenated alkanes) is 7. The minimum absolute atomic E-state index is 0.936. The van der Waals surface area contributed by atoms with Crippen LogP contribution in [0.2, 0.25) is 0 Å². The number of hydrogen-bond acceptors (Lipinski definition) is 1. The third-order valence-electron chi connectivity index (χ3n) is 7.92. The Labute approximate surface area is 204 Å². The van der Waals surface area contributed by atoms with E-state index in [1.165, 1.54) is 126 Å². The van der Waals surface area contributed by atoms with E-state index >= 15 is 0 Å². The summed E-state index contributed by atoms with van der Waals surface area (Å²) < 4.78 is 0. The van der Waals surface area contributed by atoms with Crippen molar-refractivity contribution in [3.8, 4) is 11.3 Å². The highest BCUT2D eigenvalue weighted by Gasteiger charge is 2.20. The second kappa shape index (κ2) is 15.3. The molecule has 0 aliphatic heterocycles. The largest absolute Gasteiger partial charge is 0.256 e. The maximum atomic E-state index is 4.80. The maximum absolute atomic E-state index is 4.80. The minimum Gasteiger partial charge on any atom is -0.256 e. The van der Waals surface area contributed by atoms with Crippen LogP contribution in [0.25, 0.3) is 11.3 Å². The first kappa shape index (κ1) is 26.0. The molecule has 2 aromatic rings. The molecule has 1 aromatic heterocycles. The monoisotopic (exact) mass is 447 g/mol. The van der Waals surface area contributed by atoms with Gasteiger partial charge in [-0.3, -0.25) is 4.98 Å². The number of rotatable bonds is 15. The highest BCUT2D eigenvalue weighted by molar-refractivity contribution is 5.59. The SMILES string of the molecule is CCCCCCCCc1ccc(-c2ccc(CC[C@H]3CC[C@H](CCCCC)CC3)cn2)cc1. The summed E-state index contributed by atoms with van der Waals surface area (Å²) in [5, 5.41) is 0. The van der Waals surface area contributed by atoms with Crippen molar-refractivity contribution >= 4 is 0 Å². The summed E-state index contributed by atoms with van der Waals surface area (Å²) in [7, 11) is 0. The van der Waals surface area contributed by atoms with Gasteiger partial charge in [0.1, 0.15) is 0 Å². The fraction of sp³-hybridized carbons (Fsp3) is 0.656. The van der Waals surface area contributed by atoms with Gasteiger partial charge in [-0.25, -0.2) is 0 Å². The van der Waals surface area contributed by atoms with Gasteiger partial charge < -0.3 is 0 Å². The van der Waals surface area contributed by atoms with Gasteiger partial charge in [-0.15, -0.1) is 0 Å². The molecule has 0 amide bonds. The van der Waals surface area contributed by atoms with Crippen LogP contribution >= 0.6 is 0 Å². The number of nitrogens with zero attached hydrogens (tertiary/aromatic N) is 1. The number of aromatic nitrogens is 1. The highest BCUT2D eigenvalue weighted by atomic mass is 14.7. The van der Waals surface area contributed by atoms with E-state index in [1.54, 1.807) is 0 Å². The average Bonchev–Trinajstić information content (AvgIpc) is 2.86. The van der Waals surface area contributed by atoms with Gasteiger partial charge in [-0.05, 0) is 54.7 Å². The fourth-order valence-corrected chi connectivity index (χ4v) is 5.56. The third-order valence-corrected chi connectivity index (χ3v) is 7.92. The van der Waals surface area contributed by atoms with Crippen molar-refractivity contribution in [1.29, 1.82) is 0 Å². The molecule has 0 atom stereocenters. The Hall–Kier alpha value is -1.63. The zero-order valence-corrected chi connectivity index (χ0v) is 21.7. The van der Waals surface area contributed by atoms with Gasteiger partial charge in [-0.2, -0.15) is 0 Å². The lowest BCUT2D eigenvalue weighted by Gasteiger charge is -2.28. The topological polar surface area (TPSA) is 12.9 Å². The Morgan fingerprint density at radius 1 is 0.606 bits per heavy atom. The van der Waals surface area contributed by atoms with Crippen molar-refractivity contribution in [2.75, 3.05) is 0 Å². The van der Waals surface area contributed by atoms with E-state index in [0.717, 1.165) is 17.5 Å². The van der Waals surface area contributed by atoms with Crippen LogP contribution in [0.5, 0.6) is 0 Å². The summed E-state index contributed by atoms with van der Waals surface area (Å²) >= 11 is 0. The molecule has 1 saturated carbocycles. The second-order valence-electron chi connectivity index (χ2n) is 10.7. The van der Waals surface area contributed by atoms with E-state index in [4.69, 9.17) is 4.98 Å². The van der Waals surface area contributed by atoms with Gasteiger partial charge in [-0.1, -0.05) is 128 Å². The van der Waals surface area contributed by atoms with Crippen molar-refractivity contribution in [2.45, 2.75) is 123 Å². The molecule has 0 bridgehead atoms. The molecule has 182 valence electrons. The van der Waals surface area contributed by atoms with Gasteiger partial charge in [0.15, 0.2) is 0 Å². The summed E-state index contributed by atoms with van der Waals surface area (Å²) in [6.07, 6.45) is 25.6. The standard InChI is InChI=1S/C32H49N/c1-3-5-7-8-9-11-13-28-20-23-31(24-21-28)32-25-22-30(26-33-32)19-18-29-16-14-27(15-17-29)12-10-6-4-2/h20-27,29H,3-19H2,1-2H3/t27-,29-. The molecular weight excluding hydrogens is 398 g/mol. The molecule has 0 radical (unpaired) electrons. The van der Waals surface area contributed by atoms with E-state index < -0.39 is 0 Å². The zero-order valence-electron chi connectivity index (χ0n) is 21.7. The lowest BCUT2D eigenvalue weighted by atomic mass is 9.78. The Balaban J connectivity index is 1.36. The van der Waals surface area contributed by atoms with Gasteiger partial charge >= 0.3 is 0 Å². The number of benzene rings is 1. The molecule has 0 saturated heterocycles. The molecule has 1 fully saturated rings. The lowest BCUT2D eigenvalue weighted by molar-refractivity contribution is 0.249. The van der Waals surface area contributed by atoms with E-state index in [1.807, 2.05) is 0 Å². The van der Waals surface area contributed by atoms with Crippen molar-refractivity contribution in [3.63, 3.8) is 0 Å². The van der Waals surface area contributed by atoms with E-state index in [2.05, 4.69) is 56.4 Å².